The van der Waals surface area contributed by atoms with E-state index in [0.717, 1.165) is 31.0 Å². The SMILES string of the molecule is O=C(Nc1cc(F)ccc1F)c1cnc(OC2CCOCC2)c(Cl)c1. The summed E-state index contributed by atoms with van der Waals surface area (Å²) in [6.07, 6.45) is 2.70. The summed E-state index contributed by atoms with van der Waals surface area (Å²) in [5, 5.41) is 2.45. The van der Waals surface area contributed by atoms with E-state index >= 15 is 0 Å². The third kappa shape index (κ3) is 4.43. The molecule has 0 saturated carbocycles. The van der Waals surface area contributed by atoms with Gasteiger partial charge in [0.25, 0.3) is 5.91 Å². The summed E-state index contributed by atoms with van der Waals surface area (Å²) in [6, 6.07) is 4.16. The summed E-state index contributed by atoms with van der Waals surface area (Å²) in [7, 11) is 0. The number of pyridine rings is 1. The molecule has 2 heterocycles. The number of nitrogens with one attached hydrogen (secondary N) is 1. The summed E-state index contributed by atoms with van der Waals surface area (Å²) in [5.41, 5.74) is -0.156. The van der Waals surface area contributed by atoms with Crippen molar-refractivity contribution in [3.8, 4) is 5.88 Å². The molecule has 1 N–H and O–H groups in total. The van der Waals surface area contributed by atoms with Gasteiger partial charge in [0.2, 0.25) is 5.88 Å². The van der Waals surface area contributed by atoms with Crippen molar-refractivity contribution in [3.05, 3.63) is 52.7 Å². The van der Waals surface area contributed by atoms with Crippen LogP contribution in [0.2, 0.25) is 5.02 Å². The molecule has 3 rings (SSSR count). The molecule has 1 aromatic heterocycles. The zero-order chi connectivity index (χ0) is 17.8. The molecule has 1 aliphatic rings. The van der Waals surface area contributed by atoms with E-state index in [1.807, 2.05) is 0 Å². The highest BCUT2D eigenvalue weighted by Crippen LogP contribution is 2.26. The maximum absolute atomic E-state index is 13.6. The lowest BCUT2D eigenvalue weighted by molar-refractivity contribution is 0.0238. The number of rotatable bonds is 4. The molecule has 8 heteroatoms. The minimum atomic E-state index is -0.742. The van der Waals surface area contributed by atoms with Crippen LogP contribution < -0.4 is 10.1 Å². The van der Waals surface area contributed by atoms with Crippen LogP contribution in [0.1, 0.15) is 23.2 Å². The third-order valence-electron chi connectivity index (χ3n) is 3.69. The number of nitrogens with zero attached hydrogens (tertiary/aromatic N) is 1. The molecule has 1 amide bonds. The Kier molecular flexibility index (Phi) is 5.45. The highest BCUT2D eigenvalue weighted by Gasteiger charge is 2.19. The second-order valence-electron chi connectivity index (χ2n) is 5.52. The highest BCUT2D eigenvalue weighted by molar-refractivity contribution is 6.32. The van der Waals surface area contributed by atoms with Crippen LogP contribution >= 0.6 is 11.6 Å². The minimum Gasteiger partial charge on any atom is -0.473 e. The van der Waals surface area contributed by atoms with Crippen molar-refractivity contribution in [2.45, 2.75) is 18.9 Å². The van der Waals surface area contributed by atoms with Gasteiger partial charge in [-0.1, -0.05) is 11.6 Å². The van der Waals surface area contributed by atoms with E-state index in [-0.39, 0.29) is 28.3 Å². The number of aromatic nitrogens is 1. The topological polar surface area (TPSA) is 60.5 Å². The van der Waals surface area contributed by atoms with Gasteiger partial charge in [0.1, 0.15) is 22.8 Å². The molecule has 5 nitrogen and oxygen atoms in total. The van der Waals surface area contributed by atoms with Gasteiger partial charge in [-0.05, 0) is 18.2 Å². The molecule has 0 radical (unpaired) electrons. The Bertz CT molecular complexity index is 782. The Labute approximate surface area is 147 Å². The number of halogens is 3. The number of carbonyl (C=O) groups excluding carboxylic acids is 1. The average Bonchev–Trinajstić information content (AvgIpc) is 2.61. The number of amides is 1. The molecule has 0 bridgehead atoms. The van der Waals surface area contributed by atoms with Crippen LogP contribution in [0.25, 0.3) is 0 Å². The molecule has 25 heavy (non-hydrogen) atoms. The van der Waals surface area contributed by atoms with Crippen molar-refractivity contribution in [2.24, 2.45) is 0 Å². The van der Waals surface area contributed by atoms with E-state index in [1.165, 1.54) is 12.3 Å². The Balaban J connectivity index is 1.71. The van der Waals surface area contributed by atoms with Gasteiger partial charge in [-0.25, -0.2) is 13.8 Å². The van der Waals surface area contributed by atoms with E-state index in [9.17, 15) is 13.6 Å². The smallest absolute Gasteiger partial charge is 0.257 e. The molecule has 0 atom stereocenters. The molecule has 2 aromatic rings. The number of ether oxygens (including phenoxy) is 2. The molecule has 1 aromatic carbocycles. The Morgan fingerprint density at radius 2 is 2.04 bits per heavy atom. The molecule has 0 spiro atoms. The molecule has 1 aliphatic heterocycles. The van der Waals surface area contributed by atoms with Crippen molar-refractivity contribution in [1.82, 2.24) is 4.98 Å². The summed E-state index contributed by atoms with van der Waals surface area (Å²) in [5.74, 6) is -1.83. The van der Waals surface area contributed by atoms with Gasteiger partial charge in [-0.2, -0.15) is 0 Å². The lowest BCUT2D eigenvalue weighted by Crippen LogP contribution is -2.26. The van der Waals surface area contributed by atoms with E-state index in [4.69, 9.17) is 21.1 Å². The first kappa shape index (κ1) is 17.6. The fourth-order valence-corrected chi connectivity index (χ4v) is 2.59. The van der Waals surface area contributed by atoms with Gasteiger partial charge in [-0.3, -0.25) is 4.79 Å². The number of benzene rings is 1. The predicted molar refractivity (Wildman–Crippen MR) is 88.0 cm³/mol. The van der Waals surface area contributed by atoms with Gasteiger partial charge in [0, 0.05) is 25.1 Å². The first-order valence-corrected chi connectivity index (χ1v) is 8.07. The predicted octanol–water partition coefficient (Wildman–Crippen LogP) is 3.82. The van der Waals surface area contributed by atoms with Crippen molar-refractivity contribution in [1.29, 1.82) is 0 Å². The standard InChI is InChI=1S/C17H15ClF2N2O3/c18-13-7-10(9-21-17(13)25-12-3-5-24-6-4-12)16(23)22-15-8-11(19)1-2-14(15)20/h1-2,7-9,12H,3-6H2,(H,22,23). The maximum atomic E-state index is 13.6. The van der Waals surface area contributed by atoms with Gasteiger partial charge in [0.15, 0.2) is 0 Å². The highest BCUT2D eigenvalue weighted by atomic mass is 35.5. The van der Waals surface area contributed by atoms with Crippen LogP contribution in [0, 0.1) is 11.6 Å². The maximum Gasteiger partial charge on any atom is 0.257 e. The molecule has 132 valence electrons. The molecule has 1 fully saturated rings. The van der Waals surface area contributed by atoms with Gasteiger partial charge in [-0.15, -0.1) is 0 Å². The van der Waals surface area contributed by atoms with Crippen molar-refractivity contribution >= 4 is 23.2 Å². The van der Waals surface area contributed by atoms with Crippen LogP contribution in [0.3, 0.4) is 0 Å². The van der Waals surface area contributed by atoms with Gasteiger partial charge in [0.05, 0.1) is 24.5 Å². The first-order chi connectivity index (χ1) is 12.0. The fourth-order valence-electron chi connectivity index (χ4n) is 2.38. The minimum absolute atomic E-state index is 0.0418. The lowest BCUT2D eigenvalue weighted by Gasteiger charge is -2.23. The number of anilines is 1. The Hall–Kier alpha value is -2.25. The quantitative estimate of drug-likeness (QED) is 0.891. The monoisotopic (exact) mass is 368 g/mol. The molecule has 1 saturated heterocycles. The van der Waals surface area contributed by atoms with Gasteiger partial charge < -0.3 is 14.8 Å². The van der Waals surface area contributed by atoms with Gasteiger partial charge >= 0.3 is 0 Å². The summed E-state index contributed by atoms with van der Waals surface area (Å²) >= 11 is 6.12. The van der Waals surface area contributed by atoms with E-state index in [2.05, 4.69) is 10.3 Å². The van der Waals surface area contributed by atoms with Crippen LogP contribution in [-0.2, 0) is 4.74 Å². The van der Waals surface area contributed by atoms with Crippen LogP contribution in [0.4, 0.5) is 14.5 Å². The molecular formula is C17H15ClF2N2O3. The summed E-state index contributed by atoms with van der Waals surface area (Å²) in [6.45, 7) is 1.23. The first-order valence-electron chi connectivity index (χ1n) is 7.69. The normalized spacial score (nSPS) is 15.0. The molecule has 0 aliphatic carbocycles. The Morgan fingerprint density at radius 1 is 1.28 bits per heavy atom. The number of hydrogen-bond donors (Lipinski definition) is 1. The van der Waals surface area contributed by atoms with Crippen LogP contribution in [0.15, 0.2) is 30.5 Å². The average molecular weight is 369 g/mol. The second kappa shape index (κ2) is 7.76. The zero-order valence-electron chi connectivity index (χ0n) is 13.1. The Morgan fingerprint density at radius 3 is 2.76 bits per heavy atom. The van der Waals surface area contributed by atoms with Crippen molar-refractivity contribution in [3.63, 3.8) is 0 Å². The number of carbonyl (C=O) groups is 1. The lowest BCUT2D eigenvalue weighted by atomic mass is 10.1. The van der Waals surface area contributed by atoms with Crippen LogP contribution in [-0.4, -0.2) is 30.2 Å². The van der Waals surface area contributed by atoms with E-state index in [1.54, 1.807) is 0 Å². The summed E-state index contributed by atoms with van der Waals surface area (Å²) < 4.78 is 37.7. The van der Waals surface area contributed by atoms with Crippen molar-refractivity contribution < 1.29 is 23.0 Å². The summed E-state index contributed by atoms with van der Waals surface area (Å²) in [4.78, 5) is 16.2. The third-order valence-corrected chi connectivity index (χ3v) is 3.96. The largest absolute Gasteiger partial charge is 0.473 e. The van der Waals surface area contributed by atoms with E-state index in [0.29, 0.717) is 13.2 Å². The van der Waals surface area contributed by atoms with Crippen LogP contribution in [0.5, 0.6) is 5.88 Å². The fraction of sp³-hybridized carbons (Fsp3) is 0.294. The second-order valence-corrected chi connectivity index (χ2v) is 5.93. The molecular weight excluding hydrogens is 354 g/mol. The van der Waals surface area contributed by atoms with Crippen molar-refractivity contribution in [2.75, 3.05) is 18.5 Å². The number of hydrogen-bond acceptors (Lipinski definition) is 4. The molecule has 0 unspecified atom stereocenters. The van der Waals surface area contributed by atoms with E-state index < -0.39 is 17.5 Å². The zero-order valence-corrected chi connectivity index (χ0v) is 13.9.